The highest BCUT2D eigenvalue weighted by Crippen LogP contribution is 2.23. The highest BCUT2D eigenvalue weighted by Gasteiger charge is 2.12. The molecule has 3 rings (SSSR count). The average molecular weight is 391 g/mol. The maximum absolute atomic E-state index is 12.4. The van der Waals surface area contributed by atoms with Crippen LogP contribution in [0.4, 0.5) is 0 Å². The van der Waals surface area contributed by atoms with Gasteiger partial charge in [-0.05, 0) is 53.1 Å². The molecule has 0 unspecified atom stereocenters. The van der Waals surface area contributed by atoms with E-state index in [9.17, 15) is 13.2 Å². The van der Waals surface area contributed by atoms with Gasteiger partial charge in [0.1, 0.15) is 5.75 Å². The van der Waals surface area contributed by atoms with Crippen molar-refractivity contribution >= 4 is 15.8 Å². The first-order chi connectivity index (χ1) is 13.3. The molecule has 0 N–H and O–H groups in total. The smallest absolute Gasteiger partial charge is 0.343 e. The summed E-state index contributed by atoms with van der Waals surface area (Å²) in [7, 11) is -3.18. The summed E-state index contributed by atoms with van der Waals surface area (Å²) < 4.78 is 28.2. The average Bonchev–Trinajstić information content (AvgIpc) is 2.67. The second-order valence-electron chi connectivity index (χ2n) is 6.37. The Morgan fingerprint density at radius 3 is 2.14 bits per heavy atom. The van der Waals surface area contributed by atoms with Crippen LogP contribution in [0.3, 0.4) is 0 Å². The minimum Gasteiger partial charge on any atom is -0.423 e. The molecule has 0 saturated carbocycles. The van der Waals surface area contributed by atoms with Crippen LogP contribution in [-0.2, 0) is 15.6 Å². The van der Waals surface area contributed by atoms with Crippen molar-refractivity contribution in [2.24, 2.45) is 0 Å². The summed E-state index contributed by atoms with van der Waals surface area (Å²) in [5.41, 5.74) is 3.29. The Bertz CT molecular complexity index is 1140. The SMILES string of the molecule is CS(=O)(=O)Cc1cccc(C(=O)Oc2ccc(-c3ccc(C#N)cc3)cc2)c1. The van der Waals surface area contributed by atoms with Crippen LogP contribution < -0.4 is 4.74 Å². The second-order valence-corrected chi connectivity index (χ2v) is 8.51. The van der Waals surface area contributed by atoms with E-state index in [1.165, 1.54) is 6.07 Å². The molecule has 0 spiro atoms. The van der Waals surface area contributed by atoms with E-state index in [2.05, 4.69) is 6.07 Å². The van der Waals surface area contributed by atoms with Gasteiger partial charge in [0.05, 0.1) is 22.9 Å². The predicted octanol–water partition coefficient (Wildman–Crippen LogP) is 3.99. The molecule has 0 aromatic heterocycles. The maximum atomic E-state index is 12.4. The number of hydrogen-bond acceptors (Lipinski definition) is 5. The van der Waals surface area contributed by atoms with Crippen molar-refractivity contribution in [3.05, 3.63) is 89.5 Å². The van der Waals surface area contributed by atoms with Crippen LogP contribution >= 0.6 is 0 Å². The second kappa shape index (κ2) is 8.07. The van der Waals surface area contributed by atoms with Crippen molar-refractivity contribution in [2.75, 3.05) is 6.26 Å². The topological polar surface area (TPSA) is 84.2 Å². The van der Waals surface area contributed by atoms with E-state index in [1.54, 1.807) is 42.5 Å². The Morgan fingerprint density at radius 2 is 1.57 bits per heavy atom. The number of rotatable bonds is 5. The molecule has 0 amide bonds. The zero-order chi connectivity index (χ0) is 20.1. The van der Waals surface area contributed by atoms with Gasteiger partial charge in [-0.2, -0.15) is 5.26 Å². The lowest BCUT2D eigenvalue weighted by molar-refractivity contribution is 0.0734. The van der Waals surface area contributed by atoms with Crippen LogP contribution in [0.25, 0.3) is 11.1 Å². The first-order valence-corrected chi connectivity index (χ1v) is 10.5. The third-order valence-electron chi connectivity index (χ3n) is 4.00. The number of carbonyl (C=O) groups excluding carboxylic acids is 1. The van der Waals surface area contributed by atoms with E-state index in [0.717, 1.165) is 17.4 Å². The maximum Gasteiger partial charge on any atom is 0.343 e. The number of sulfone groups is 1. The molecule has 0 saturated heterocycles. The van der Waals surface area contributed by atoms with E-state index in [1.807, 2.05) is 24.3 Å². The Morgan fingerprint density at radius 1 is 0.964 bits per heavy atom. The standard InChI is InChI=1S/C22H17NO4S/c1-28(25,26)15-17-3-2-4-20(13-17)22(24)27-21-11-9-19(10-12-21)18-7-5-16(14-23)6-8-18/h2-13H,15H2,1H3. The summed E-state index contributed by atoms with van der Waals surface area (Å²) in [6.45, 7) is 0. The van der Waals surface area contributed by atoms with Crippen LogP contribution in [0, 0.1) is 11.3 Å². The van der Waals surface area contributed by atoms with Gasteiger partial charge in [0.15, 0.2) is 9.84 Å². The summed E-state index contributed by atoms with van der Waals surface area (Å²) in [6.07, 6.45) is 1.15. The highest BCUT2D eigenvalue weighted by molar-refractivity contribution is 7.89. The van der Waals surface area contributed by atoms with Crippen molar-refractivity contribution in [2.45, 2.75) is 5.75 Å². The molecule has 5 nitrogen and oxygen atoms in total. The number of nitrogens with zero attached hydrogens (tertiary/aromatic N) is 1. The van der Waals surface area contributed by atoms with Gasteiger partial charge in [-0.1, -0.05) is 36.4 Å². The normalized spacial score (nSPS) is 10.9. The first kappa shape index (κ1) is 19.3. The largest absolute Gasteiger partial charge is 0.423 e. The van der Waals surface area contributed by atoms with Crippen molar-refractivity contribution in [3.8, 4) is 22.9 Å². The molecule has 0 heterocycles. The van der Waals surface area contributed by atoms with Crippen LogP contribution in [0.1, 0.15) is 21.5 Å². The summed E-state index contributed by atoms with van der Waals surface area (Å²) in [4.78, 5) is 12.4. The summed E-state index contributed by atoms with van der Waals surface area (Å²) in [6, 6.07) is 22.7. The van der Waals surface area contributed by atoms with Gasteiger partial charge in [0.2, 0.25) is 0 Å². The lowest BCUT2D eigenvalue weighted by atomic mass is 10.0. The van der Waals surface area contributed by atoms with Gasteiger partial charge >= 0.3 is 5.97 Å². The Hall–Kier alpha value is -3.43. The lowest BCUT2D eigenvalue weighted by Gasteiger charge is -2.07. The number of carbonyl (C=O) groups is 1. The molecule has 0 aliphatic carbocycles. The molecule has 28 heavy (non-hydrogen) atoms. The molecule has 0 atom stereocenters. The number of benzene rings is 3. The van der Waals surface area contributed by atoms with Gasteiger partial charge in [-0.25, -0.2) is 13.2 Å². The number of esters is 1. The fourth-order valence-electron chi connectivity index (χ4n) is 2.71. The summed E-state index contributed by atoms with van der Waals surface area (Å²) >= 11 is 0. The number of hydrogen-bond donors (Lipinski definition) is 0. The van der Waals surface area contributed by atoms with Gasteiger partial charge < -0.3 is 4.74 Å². The molecule has 6 heteroatoms. The molecule has 0 fully saturated rings. The Kier molecular flexibility index (Phi) is 5.57. The van der Waals surface area contributed by atoms with E-state index in [4.69, 9.17) is 10.00 Å². The predicted molar refractivity (Wildman–Crippen MR) is 107 cm³/mol. The highest BCUT2D eigenvalue weighted by atomic mass is 32.2. The molecular formula is C22H17NO4S. The molecule has 0 bridgehead atoms. The van der Waals surface area contributed by atoms with Crippen LogP contribution in [0.2, 0.25) is 0 Å². The number of nitriles is 1. The molecule has 0 radical (unpaired) electrons. The zero-order valence-electron chi connectivity index (χ0n) is 15.1. The van der Waals surface area contributed by atoms with E-state index >= 15 is 0 Å². The quantitative estimate of drug-likeness (QED) is 0.485. The molecule has 0 aliphatic rings. The van der Waals surface area contributed by atoms with Crippen molar-refractivity contribution in [1.29, 1.82) is 5.26 Å². The first-order valence-electron chi connectivity index (χ1n) is 8.43. The lowest BCUT2D eigenvalue weighted by Crippen LogP contribution is -2.09. The van der Waals surface area contributed by atoms with Crippen molar-refractivity contribution in [3.63, 3.8) is 0 Å². The van der Waals surface area contributed by atoms with E-state index in [0.29, 0.717) is 16.9 Å². The Labute approximate surface area is 163 Å². The van der Waals surface area contributed by atoms with Gasteiger partial charge in [-0.15, -0.1) is 0 Å². The molecule has 0 aliphatic heterocycles. The van der Waals surface area contributed by atoms with E-state index < -0.39 is 15.8 Å². The van der Waals surface area contributed by atoms with Crippen molar-refractivity contribution in [1.82, 2.24) is 0 Å². The van der Waals surface area contributed by atoms with Crippen LogP contribution in [0.5, 0.6) is 5.75 Å². The molecule has 140 valence electrons. The molecule has 3 aromatic rings. The Balaban J connectivity index is 1.72. The van der Waals surface area contributed by atoms with Gasteiger partial charge in [-0.3, -0.25) is 0 Å². The zero-order valence-corrected chi connectivity index (χ0v) is 15.9. The van der Waals surface area contributed by atoms with Gasteiger partial charge in [0, 0.05) is 6.26 Å². The molecule has 3 aromatic carbocycles. The van der Waals surface area contributed by atoms with Crippen LogP contribution in [-0.4, -0.2) is 20.6 Å². The van der Waals surface area contributed by atoms with Crippen LogP contribution in [0.15, 0.2) is 72.8 Å². The minimum absolute atomic E-state index is 0.132. The third kappa shape index (κ3) is 5.06. The van der Waals surface area contributed by atoms with Crippen molar-refractivity contribution < 1.29 is 17.9 Å². The fourth-order valence-corrected chi connectivity index (χ4v) is 3.49. The summed E-state index contributed by atoms with van der Waals surface area (Å²) in [5, 5.41) is 8.86. The summed E-state index contributed by atoms with van der Waals surface area (Å²) in [5.74, 6) is -0.301. The number of ether oxygens (including phenoxy) is 1. The van der Waals surface area contributed by atoms with Gasteiger partial charge in [0.25, 0.3) is 0 Å². The molecular weight excluding hydrogens is 374 g/mol. The minimum atomic E-state index is -3.18. The third-order valence-corrected chi connectivity index (χ3v) is 4.86. The van der Waals surface area contributed by atoms with E-state index in [-0.39, 0.29) is 11.3 Å². The monoisotopic (exact) mass is 391 g/mol. The fraction of sp³-hybridized carbons (Fsp3) is 0.0909.